The molecular weight excluding hydrogens is 334 g/mol. The molecule has 0 aliphatic carbocycles. The zero-order valence-electron chi connectivity index (χ0n) is 15.2. The minimum atomic E-state index is -1.03. The largest absolute Gasteiger partial charge is 0.356 e. The predicted molar refractivity (Wildman–Crippen MR) is 95.5 cm³/mol. The lowest BCUT2D eigenvalue weighted by atomic mass is 9.83. The van der Waals surface area contributed by atoms with Crippen LogP contribution in [0.15, 0.2) is 24.3 Å². The first-order valence-electron chi connectivity index (χ1n) is 8.76. The van der Waals surface area contributed by atoms with Crippen LogP contribution in [0.5, 0.6) is 0 Å². The monoisotopic (exact) mass is 357 g/mol. The Hall–Kier alpha value is -2.38. The Labute approximate surface area is 151 Å². The summed E-state index contributed by atoms with van der Waals surface area (Å²) in [5.41, 5.74) is 1.90. The number of carbonyl (C=O) groups excluding carboxylic acids is 2. The van der Waals surface area contributed by atoms with E-state index < -0.39 is 11.8 Å². The van der Waals surface area contributed by atoms with Gasteiger partial charge in [-0.15, -0.1) is 0 Å². The number of nitrogens with one attached hydrogen (secondary N) is 1. The van der Waals surface area contributed by atoms with Crippen LogP contribution < -0.4 is 0 Å². The number of carbonyl (C=O) groups is 2. The minimum absolute atomic E-state index is 0.0488. The van der Waals surface area contributed by atoms with E-state index in [0.29, 0.717) is 6.54 Å². The molecule has 2 amide bonds. The molecule has 1 atom stereocenters. The fraction of sp³-hybridized carbons (Fsp3) is 0.474. The zero-order chi connectivity index (χ0) is 18.5. The molecular formula is C19H23N3O4. The first kappa shape index (κ1) is 17.1. The summed E-state index contributed by atoms with van der Waals surface area (Å²) in [6.07, 6.45) is 0.180. The van der Waals surface area contributed by atoms with Gasteiger partial charge >= 0.3 is 0 Å². The Bertz CT molecular complexity index is 873. The number of aromatic nitrogens is 1. The quantitative estimate of drug-likeness (QED) is 0.835. The number of ether oxygens (including phenoxy) is 2. The summed E-state index contributed by atoms with van der Waals surface area (Å²) in [4.78, 5) is 32.9. The number of hydrogen-bond acceptors (Lipinski definition) is 4. The molecule has 1 aromatic carbocycles. The zero-order valence-corrected chi connectivity index (χ0v) is 15.2. The summed E-state index contributed by atoms with van der Waals surface area (Å²) >= 11 is 0. The highest BCUT2D eigenvalue weighted by Gasteiger charge is 2.54. The molecule has 26 heavy (non-hydrogen) atoms. The van der Waals surface area contributed by atoms with E-state index >= 15 is 0 Å². The Morgan fingerprint density at radius 3 is 2.69 bits per heavy atom. The van der Waals surface area contributed by atoms with Crippen molar-refractivity contribution in [3.8, 4) is 0 Å². The maximum absolute atomic E-state index is 13.4. The van der Waals surface area contributed by atoms with E-state index in [1.165, 1.54) is 19.1 Å². The highest BCUT2D eigenvalue weighted by molar-refractivity contribution is 6.00. The van der Waals surface area contributed by atoms with Gasteiger partial charge in [0.05, 0.1) is 12.2 Å². The number of piperazine rings is 1. The third-order valence-corrected chi connectivity index (χ3v) is 5.65. The molecule has 0 radical (unpaired) electrons. The number of benzene rings is 1. The molecule has 0 saturated carbocycles. The number of amides is 2. The summed E-state index contributed by atoms with van der Waals surface area (Å²) in [6, 6.07) is 8.02. The molecule has 1 aromatic heterocycles. The van der Waals surface area contributed by atoms with Gasteiger partial charge in [-0.25, -0.2) is 0 Å². The Morgan fingerprint density at radius 2 is 1.96 bits per heavy atom. The van der Waals surface area contributed by atoms with Gasteiger partial charge in [0.2, 0.25) is 5.91 Å². The Balaban J connectivity index is 1.80. The molecule has 1 N–H and O–H groups in total. The summed E-state index contributed by atoms with van der Waals surface area (Å²) in [5.74, 6) is -0.161. The maximum atomic E-state index is 13.4. The van der Waals surface area contributed by atoms with Crippen LogP contribution in [0.25, 0.3) is 10.9 Å². The van der Waals surface area contributed by atoms with Crippen LogP contribution in [-0.4, -0.2) is 66.7 Å². The van der Waals surface area contributed by atoms with E-state index in [1.807, 2.05) is 25.1 Å². The first-order chi connectivity index (χ1) is 12.5. The van der Waals surface area contributed by atoms with E-state index in [9.17, 15) is 9.59 Å². The number of hydrogen-bond donors (Lipinski definition) is 1. The van der Waals surface area contributed by atoms with Crippen LogP contribution in [0, 0.1) is 0 Å². The van der Waals surface area contributed by atoms with Gasteiger partial charge in [0.1, 0.15) is 6.54 Å². The molecule has 0 unspecified atom stereocenters. The summed E-state index contributed by atoms with van der Waals surface area (Å²) in [6.45, 7) is 2.65. The van der Waals surface area contributed by atoms with Crippen molar-refractivity contribution in [1.82, 2.24) is 14.8 Å². The van der Waals surface area contributed by atoms with Gasteiger partial charge < -0.3 is 24.3 Å². The summed E-state index contributed by atoms with van der Waals surface area (Å²) in [7, 11) is 3.05. The number of aromatic amines is 1. The molecule has 138 valence electrons. The van der Waals surface area contributed by atoms with Gasteiger partial charge in [0.15, 0.2) is 11.8 Å². The van der Waals surface area contributed by atoms with Gasteiger partial charge in [-0.1, -0.05) is 18.2 Å². The van der Waals surface area contributed by atoms with E-state index in [1.54, 1.807) is 4.90 Å². The van der Waals surface area contributed by atoms with Crippen LogP contribution in [0.4, 0.5) is 0 Å². The summed E-state index contributed by atoms with van der Waals surface area (Å²) < 4.78 is 10.4. The van der Waals surface area contributed by atoms with Crippen molar-refractivity contribution >= 4 is 22.7 Å². The minimum Gasteiger partial charge on any atom is -0.356 e. The molecule has 7 nitrogen and oxygen atoms in total. The molecule has 7 heteroatoms. The fourth-order valence-electron chi connectivity index (χ4n) is 4.25. The second-order valence-electron chi connectivity index (χ2n) is 6.98. The predicted octanol–water partition coefficient (Wildman–Crippen LogP) is 1.23. The number of rotatable bonds is 4. The van der Waals surface area contributed by atoms with E-state index in [0.717, 1.165) is 28.6 Å². The lowest BCUT2D eigenvalue weighted by Gasteiger charge is -2.49. The van der Waals surface area contributed by atoms with Crippen molar-refractivity contribution < 1.29 is 19.1 Å². The highest BCUT2D eigenvalue weighted by atomic mass is 16.7. The average Bonchev–Trinajstić information content (AvgIpc) is 3.04. The van der Waals surface area contributed by atoms with Crippen LogP contribution in [0.1, 0.15) is 18.2 Å². The lowest BCUT2D eigenvalue weighted by molar-refractivity contribution is -0.174. The summed E-state index contributed by atoms with van der Waals surface area (Å²) in [5, 5.41) is 1.12. The molecule has 2 aromatic rings. The van der Waals surface area contributed by atoms with Crippen molar-refractivity contribution in [2.24, 2.45) is 0 Å². The molecule has 0 spiro atoms. The smallest absolute Gasteiger partial charge is 0.255 e. The Kier molecular flexibility index (Phi) is 4.00. The molecule has 2 aliphatic heterocycles. The maximum Gasteiger partial charge on any atom is 0.255 e. The molecule has 2 aliphatic rings. The van der Waals surface area contributed by atoms with Crippen LogP contribution >= 0.6 is 0 Å². The van der Waals surface area contributed by atoms with Crippen molar-refractivity contribution in [3.63, 3.8) is 0 Å². The highest BCUT2D eigenvalue weighted by Crippen LogP contribution is 2.41. The Morgan fingerprint density at radius 1 is 1.23 bits per heavy atom. The third-order valence-electron chi connectivity index (χ3n) is 5.65. The normalized spacial score (nSPS) is 22.9. The van der Waals surface area contributed by atoms with E-state index in [4.69, 9.17) is 9.47 Å². The van der Waals surface area contributed by atoms with Gasteiger partial charge in [0, 0.05) is 31.7 Å². The molecule has 1 fully saturated rings. The SMILES string of the molecule is COC(CN1CC(=O)N2CCc3c([nH]c4ccccc34)[C@]2(C)C1=O)OC. The number of fused-ring (bicyclic) bond motifs is 5. The van der Waals surface area contributed by atoms with Crippen LogP contribution in [-0.2, 0) is 31.0 Å². The van der Waals surface area contributed by atoms with Crippen molar-refractivity contribution in [3.05, 3.63) is 35.5 Å². The third kappa shape index (κ3) is 2.27. The number of nitrogens with zero attached hydrogens (tertiary/aromatic N) is 2. The second-order valence-corrected chi connectivity index (χ2v) is 6.98. The number of para-hydroxylation sites is 1. The molecule has 0 bridgehead atoms. The first-order valence-corrected chi connectivity index (χ1v) is 8.76. The fourth-order valence-corrected chi connectivity index (χ4v) is 4.25. The van der Waals surface area contributed by atoms with Crippen LogP contribution in [0.2, 0.25) is 0 Å². The van der Waals surface area contributed by atoms with Gasteiger partial charge in [0.25, 0.3) is 5.91 Å². The standard InChI is InChI=1S/C19H23N3O4/c1-19-17-13(12-6-4-5-7-14(12)20-17)8-9-22(19)15(23)10-21(18(19)24)11-16(25-2)26-3/h4-7,16,20H,8-11H2,1-3H3/t19-/m1/s1. The number of H-pyrrole nitrogens is 1. The molecule has 1 saturated heterocycles. The average molecular weight is 357 g/mol. The molecule has 3 heterocycles. The topological polar surface area (TPSA) is 74.9 Å². The van der Waals surface area contributed by atoms with Gasteiger partial charge in [-0.05, 0) is 25.0 Å². The van der Waals surface area contributed by atoms with Crippen molar-refractivity contribution in [2.45, 2.75) is 25.2 Å². The molecule has 4 rings (SSSR count). The second kappa shape index (κ2) is 6.10. The number of methoxy groups -OCH3 is 2. The van der Waals surface area contributed by atoms with Gasteiger partial charge in [-0.2, -0.15) is 0 Å². The van der Waals surface area contributed by atoms with E-state index in [-0.39, 0.29) is 24.9 Å². The van der Waals surface area contributed by atoms with Crippen molar-refractivity contribution in [1.29, 1.82) is 0 Å². The van der Waals surface area contributed by atoms with Crippen LogP contribution in [0.3, 0.4) is 0 Å². The van der Waals surface area contributed by atoms with Crippen molar-refractivity contribution in [2.75, 3.05) is 33.9 Å². The lowest BCUT2D eigenvalue weighted by Crippen LogP contribution is -2.67. The van der Waals surface area contributed by atoms with Gasteiger partial charge in [-0.3, -0.25) is 9.59 Å². The van der Waals surface area contributed by atoms with E-state index in [2.05, 4.69) is 11.1 Å².